The van der Waals surface area contributed by atoms with Crippen LogP contribution in [-0.4, -0.2) is 12.7 Å². The molecule has 0 bridgehead atoms. The van der Waals surface area contributed by atoms with Gasteiger partial charge in [0.2, 0.25) is 0 Å². The Labute approximate surface area is 51.4 Å². The lowest BCUT2D eigenvalue weighted by atomic mass is 10.1. The van der Waals surface area contributed by atoms with E-state index in [4.69, 9.17) is 11.3 Å². The van der Waals surface area contributed by atoms with E-state index < -0.39 is 0 Å². The molecule has 0 fully saturated rings. The Balaban J connectivity index is 3.53. The molecule has 1 radical (unpaired) electrons. The zero-order valence-electron chi connectivity index (χ0n) is 5.77. The molecular formula is C7H13O. The maximum absolute atomic E-state index is 5.19. The minimum atomic E-state index is -0.0885. The van der Waals surface area contributed by atoms with Crippen molar-refractivity contribution in [2.24, 2.45) is 0 Å². The van der Waals surface area contributed by atoms with Crippen molar-refractivity contribution in [3.8, 4) is 0 Å². The van der Waals surface area contributed by atoms with Crippen molar-refractivity contribution >= 4 is 0 Å². The third-order valence-corrected chi connectivity index (χ3v) is 1.16. The maximum atomic E-state index is 5.19. The Morgan fingerprint density at radius 1 is 1.62 bits per heavy atom. The number of ether oxygens (including phenoxy) is 1. The predicted octanol–water partition coefficient (Wildman–Crippen LogP) is 1.79. The second kappa shape index (κ2) is 2.88. The first kappa shape index (κ1) is 7.70. The Hall–Kier alpha value is -0.300. The number of rotatable bonds is 3. The summed E-state index contributed by atoms with van der Waals surface area (Å²) >= 11 is 0. The van der Waals surface area contributed by atoms with Crippen molar-refractivity contribution in [3.05, 3.63) is 12.7 Å². The SMILES string of the molecule is [CH]=CCC(C)(C)OC. The van der Waals surface area contributed by atoms with E-state index in [1.807, 2.05) is 13.8 Å². The maximum Gasteiger partial charge on any atom is 0.0657 e. The van der Waals surface area contributed by atoms with E-state index in [1.165, 1.54) is 0 Å². The second-order valence-electron chi connectivity index (χ2n) is 2.40. The summed E-state index contributed by atoms with van der Waals surface area (Å²) in [5, 5.41) is 0. The summed E-state index contributed by atoms with van der Waals surface area (Å²) in [6.07, 6.45) is 2.41. The first-order chi connectivity index (χ1) is 3.62. The Morgan fingerprint density at radius 2 is 2.12 bits per heavy atom. The second-order valence-corrected chi connectivity index (χ2v) is 2.40. The third-order valence-electron chi connectivity index (χ3n) is 1.16. The fraction of sp³-hybridized carbons (Fsp3) is 0.714. The van der Waals surface area contributed by atoms with Crippen molar-refractivity contribution in [2.75, 3.05) is 7.11 Å². The third kappa shape index (κ3) is 2.80. The summed E-state index contributed by atoms with van der Waals surface area (Å²) in [5.41, 5.74) is -0.0885. The average molecular weight is 113 g/mol. The molecule has 0 unspecified atom stereocenters. The number of methoxy groups -OCH3 is 1. The lowest BCUT2D eigenvalue weighted by molar-refractivity contribution is 0.0255. The largest absolute Gasteiger partial charge is 0.378 e. The molecule has 0 heterocycles. The van der Waals surface area contributed by atoms with Gasteiger partial charge >= 0.3 is 0 Å². The fourth-order valence-corrected chi connectivity index (χ4v) is 0.367. The summed E-state index contributed by atoms with van der Waals surface area (Å²) in [6.45, 7) is 9.18. The molecule has 0 aromatic rings. The summed E-state index contributed by atoms with van der Waals surface area (Å²) in [4.78, 5) is 0. The van der Waals surface area contributed by atoms with Crippen molar-refractivity contribution in [3.63, 3.8) is 0 Å². The van der Waals surface area contributed by atoms with Gasteiger partial charge in [0.1, 0.15) is 0 Å². The monoisotopic (exact) mass is 113 g/mol. The average Bonchev–Trinajstić information content (AvgIpc) is 1.67. The van der Waals surface area contributed by atoms with E-state index in [-0.39, 0.29) is 5.60 Å². The molecule has 47 valence electrons. The molecule has 1 nitrogen and oxygen atoms in total. The van der Waals surface area contributed by atoms with Crippen LogP contribution in [0.3, 0.4) is 0 Å². The molecule has 0 rings (SSSR count). The van der Waals surface area contributed by atoms with Gasteiger partial charge in [-0.05, 0) is 20.3 Å². The fourth-order valence-electron chi connectivity index (χ4n) is 0.367. The van der Waals surface area contributed by atoms with Crippen LogP contribution in [0.4, 0.5) is 0 Å². The van der Waals surface area contributed by atoms with Crippen LogP contribution in [0, 0.1) is 6.58 Å². The van der Waals surface area contributed by atoms with Crippen LogP contribution in [0.25, 0.3) is 0 Å². The highest BCUT2D eigenvalue weighted by molar-refractivity contribution is 4.77. The lowest BCUT2D eigenvalue weighted by Crippen LogP contribution is -2.20. The van der Waals surface area contributed by atoms with Gasteiger partial charge in [-0.1, -0.05) is 12.7 Å². The van der Waals surface area contributed by atoms with Crippen molar-refractivity contribution in [1.29, 1.82) is 0 Å². The molecule has 0 aliphatic rings. The van der Waals surface area contributed by atoms with E-state index in [0.29, 0.717) is 0 Å². The zero-order valence-corrected chi connectivity index (χ0v) is 5.77. The summed E-state index contributed by atoms with van der Waals surface area (Å²) in [6, 6.07) is 0. The van der Waals surface area contributed by atoms with E-state index in [1.54, 1.807) is 13.2 Å². The highest BCUT2D eigenvalue weighted by Gasteiger charge is 2.12. The van der Waals surface area contributed by atoms with Crippen molar-refractivity contribution < 1.29 is 4.74 Å². The minimum Gasteiger partial charge on any atom is -0.378 e. The van der Waals surface area contributed by atoms with Gasteiger partial charge in [0.15, 0.2) is 0 Å². The molecule has 0 spiro atoms. The molecule has 0 N–H and O–H groups in total. The van der Waals surface area contributed by atoms with Crippen LogP contribution < -0.4 is 0 Å². The summed E-state index contributed by atoms with van der Waals surface area (Å²) in [5.74, 6) is 0. The zero-order chi connectivity index (χ0) is 6.62. The first-order valence-corrected chi connectivity index (χ1v) is 2.71. The van der Waals surface area contributed by atoms with Gasteiger partial charge < -0.3 is 4.74 Å². The van der Waals surface area contributed by atoms with Crippen LogP contribution in [0.5, 0.6) is 0 Å². The molecule has 0 aliphatic heterocycles. The molecule has 0 atom stereocenters. The first-order valence-electron chi connectivity index (χ1n) is 2.71. The van der Waals surface area contributed by atoms with Crippen LogP contribution in [0.2, 0.25) is 0 Å². The molecule has 0 amide bonds. The topological polar surface area (TPSA) is 9.23 Å². The molecule has 8 heavy (non-hydrogen) atoms. The Bertz CT molecular complexity index is 74.5. The van der Waals surface area contributed by atoms with Gasteiger partial charge in [-0.15, -0.1) is 0 Å². The van der Waals surface area contributed by atoms with Crippen LogP contribution in [0.15, 0.2) is 6.08 Å². The molecule has 0 saturated carbocycles. The van der Waals surface area contributed by atoms with Gasteiger partial charge in [-0.2, -0.15) is 0 Å². The minimum absolute atomic E-state index is 0.0885. The van der Waals surface area contributed by atoms with E-state index in [2.05, 4.69) is 0 Å². The molecule has 1 heteroatoms. The van der Waals surface area contributed by atoms with Crippen LogP contribution in [0.1, 0.15) is 20.3 Å². The molecule has 0 saturated heterocycles. The van der Waals surface area contributed by atoms with Crippen molar-refractivity contribution in [2.45, 2.75) is 25.9 Å². The molecule has 0 aliphatic carbocycles. The molecule has 0 aromatic heterocycles. The quantitative estimate of drug-likeness (QED) is 0.542. The highest BCUT2D eigenvalue weighted by atomic mass is 16.5. The molecule has 0 aromatic carbocycles. The number of hydrogen-bond donors (Lipinski definition) is 0. The summed E-state index contributed by atoms with van der Waals surface area (Å²) in [7, 11) is 1.68. The number of hydrogen-bond acceptors (Lipinski definition) is 1. The highest BCUT2D eigenvalue weighted by Crippen LogP contribution is 2.11. The van der Waals surface area contributed by atoms with Crippen LogP contribution >= 0.6 is 0 Å². The standard InChI is InChI=1S/C7H13O/c1-5-6-7(2,3)8-4/h1,5H,6H2,2-4H3. The normalized spacial score (nSPS) is 11.4. The van der Waals surface area contributed by atoms with E-state index in [0.717, 1.165) is 6.42 Å². The predicted molar refractivity (Wildman–Crippen MR) is 34.6 cm³/mol. The van der Waals surface area contributed by atoms with Gasteiger partial charge in [0.25, 0.3) is 0 Å². The van der Waals surface area contributed by atoms with Gasteiger partial charge in [-0.3, -0.25) is 0 Å². The smallest absolute Gasteiger partial charge is 0.0657 e. The summed E-state index contributed by atoms with van der Waals surface area (Å²) < 4.78 is 5.07. The lowest BCUT2D eigenvalue weighted by Gasteiger charge is -2.19. The van der Waals surface area contributed by atoms with E-state index in [9.17, 15) is 0 Å². The van der Waals surface area contributed by atoms with Crippen LogP contribution in [-0.2, 0) is 4.74 Å². The van der Waals surface area contributed by atoms with Gasteiger partial charge in [0.05, 0.1) is 5.60 Å². The Morgan fingerprint density at radius 3 is 2.25 bits per heavy atom. The molecular weight excluding hydrogens is 100 g/mol. The van der Waals surface area contributed by atoms with Crippen molar-refractivity contribution in [1.82, 2.24) is 0 Å². The van der Waals surface area contributed by atoms with E-state index >= 15 is 0 Å². The Kier molecular flexibility index (Phi) is 2.77. The van der Waals surface area contributed by atoms with Gasteiger partial charge in [0, 0.05) is 7.11 Å². The van der Waals surface area contributed by atoms with Gasteiger partial charge in [-0.25, -0.2) is 0 Å².